The Labute approximate surface area is 212 Å². The Morgan fingerprint density at radius 2 is 1.47 bits per heavy atom. The van der Waals surface area contributed by atoms with Crippen LogP contribution in [0.25, 0.3) is 10.8 Å². The number of hydrogen-bond acceptors (Lipinski definition) is 5. The molecule has 1 unspecified atom stereocenters. The van der Waals surface area contributed by atoms with Gasteiger partial charge in [-0.2, -0.15) is 0 Å². The highest BCUT2D eigenvalue weighted by atomic mass is 32.2. The first-order valence-electron chi connectivity index (χ1n) is 11.5. The third kappa shape index (κ3) is 6.62. The number of esters is 1. The molecule has 1 N–H and O–H groups in total. The van der Waals surface area contributed by atoms with Crippen LogP contribution in [0.3, 0.4) is 0 Å². The van der Waals surface area contributed by atoms with E-state index in [0.29, 0.717) is 23.8 Å². The molecule has 4 aromatic carbocycles. The first kappa shape index (κ1) is 25.2. The first-order valence-corrected chi connectivity index (χ1v) is 12.5. The summed E-state index contributed by atoms with van der Waals surface area (Å²) < 4.78 is 40.3. The van der Waals surface area contributed by atoms with E-state index < -0.39 is 23.8 Å². The highest BCUT2D eigenvalue weighted by Gasteiger charge is 2.22. The quantitative estimate of drug-likeness (QED) is 0.214. The topological polar surface area (TPSA) is 85.3 Å². The molecule has 0 fully saturated rings. The molecule has 36 heavy (non-hydrogen) atoms. The molecule has 0 bridgehead atoms. The van der Waals surface area contributed by atoms with Crippen LogP contribution in [0.1, 0.15) is 18.1 Å². The second-order valence-corrected chi connectivity index (χ2v) is 8.85. The number of rotatable bonds is 11. The summed E-state index contributed by atoms with van der Waals surface area (Å²) >= 11 is -2.48. The molecule has 0 aromatic heterocycles. The Hall–Kier alpha value is -3.88. The van der Waals surface area contributed by atoms with E-state index in [2.05, 4.69) is 0 Å². The average Bonchev–Trinajstić information content (AvgIpc) is 2.90. The fourth-order valence-corrected chi connectivity index (χ4v) is 4.19. The van der Waals surface area contributed by atoms with Gasteiger partial charge in [0.05, 0.1) is 12.3 Å². The van der Waals surface area contributed by atoms with Crippen LogP contribution in [0.5, 0.6) is 11.5 Å². The third-order valence-corrected chi connectivity index (χ3v) is 6.11. The molecule has 0 heterocycles. The lowest BCUT2D eigenvalue weighted by Gasteiger charge is -2.23. The molecule has 0 aliphatic heterocycles. The van der Waals surface area contributed by atoms with E-state index in [-0.39, 0.29) is 13.2 Å². The van der Waals surface area contributed by atoms with Crippen LogP contribution in [0.4, 0.5) is 5.69 Å². The van der Waals surface area contributed by atoms with Gasteiger partial charge in [0.15, 0.2) is 0 Å². The van der Waals surface area contributed by atoms with Gasteiger partial charge in [-0.1, -0.05) is 66.7 Å². The van der Waals surface area contributed by atoms with E-state index in [1.165, 1.54) is 0 Å². The molecule has 186 valence electrons. The minimum atomic E-state index is -2.48. The van der Waals surface area contributed by atoms with Crippen molar-refractivity contribution in [1.29, 1.82) is 0 Å². The summed E-state index contributed by atoms with van der Waals surface area (Å²) in [7, 11) is 0. The summed E-state index contributed by atoms with van der Waals surface area (Å²) in [4.78, 5) is 12.2. The van der Waals surface area contributed by atoms with Gasteiger partial charge < -0.3 is 14.2 Å². The van der Waals surface area contributed by atoms with Crippen LogP contribution in [-0.4, -0.2) is 27.9 Å². The van der Waals surface area contributed by atoms with Crippen LogP contribution in [0.2, 0.25) is 0 Å². The Balaban J connectivity index is 1.67. The van der Waals surface area contributed by atoms with Crippen molar-refractivity contribution in [1.82, 2.24) is 0 Å². The SMILES string of the molecule is CCOC(=O)CN(c1cc2ccc(OCc3ccccc3)cc2cc1OCc1ccccc1)S(=O)O. The van der Waals surface area contributed by atoms with Gasteiger partial charge in [-0.3, -0.25) is 13.7 Å². The number of carbonyl (C=O) groups excluding carboxylic acids is 1. The zero-order valence-electron chi connectivity index (χ0n) is 19.8. The van der Waals surface area contributed by atoms with Gasteiger partial charge in [0, 0.05) is 0 Å². The molecule has 4 rings (SSSR count). The molecule has 0 aliphatic rings. The fourth-order valence-electron chi connectivity index (χ4n) is 3.67. The fraction of sp³-hybridized carbons (Fsp3) is 0.179. The van der Waals surface area contributed by atoms with Crippen molar-refractivity contribution in [2.45, 2.75) is 20.1 Å². The monoisotopic (exact) mass is 505 g/mol. The number of nitrogens with zero attached hydrogens (tertiary/aromatic N) is 1. The molecule has 0 aliphatic carbocycles. The Morgan fingerprint density at radius 1 is 0.833 bits per heavy atom. The van der Waals surface area contributed by atoms with Crippen molar-refractivity contribution in [3.63, 3.8) is 0 Å². The maximum absolute atomic E-state index is 12.2. The van der Waals surface area contributed by atoms with Crippen LogP contribution in [-0.2, 0) is 34.0 Å². The smallest absolute Gasteiger partial charge is 0.326 e. The third-order valence-electron chi connectivity index (χ3n) is 5.41. The van der Waals surface area contributed by atoms with Gasteiger partial charge in [-0.05, 0) is 53.1 Å². The molecule has 8 heteroatoms. The number of anilines is 1. The standard InChI is InChI=1S/C28H27NO6S/c1-2-33-28(30)18-29(36(31)32)26-16-23-13-14-25(34-19-21-9-5-3-6-10-21)15-24(23)17-27(26)35-20-22-11-7-4-8-12-22/h3-17H,2,18-20H2,1H3,(H,31,32). The molecule has 0 spiro atoms. The Bertz CT molecular complexity index is 1330. The van der Waals surface area contributed by atoms with Crippen molar-refractivity contribution in [3.8, 4) is 11.5 Å². The van der Waals surface area contributed by atoms with E-state index in [1.54, 1.807) is 19.1 Å². The van der Waals surface area contributed by atoms with Gasteiger partial charge >= 0.3 is 5.97 Å². The molecule has 0 amide bonds. The predicted octanol–water partition coefficient (Wildman–Crippen LogP) is 5.50. The van der Waals surface area contributed by atoms with Crippen molar-refractivity contribution in [3.05, 3.63) is 102 Å². The number of carbonyl (C=O) groups is 1. The summed E-state index contributed by atoms with van der Waals surface area (Å²) in [5.41, 5.74) is 2.30. The Morgan fingerprint density at radius 3 is 2.08 bits per heavy atom. The molecule has 7 nitrogen and oxygen atoms in total. The molecule has 1 atom stereocenters. The lowest BCUT2D eigenvalue weighted by Crippen LogP contribution is -2.32. The molecule has 0 saturated carbocycles. The normalized spacial score (nSPS) is 11.6. The van der Waals surface area contributed by atoms with Crippen LogP contribution in [0, 0.1) is 0 Å². The highest BCUT2D eigenvalue weighted by molar-refractivity contribution is 7.80. The number of hydrogen-bond donors (Lipinski definition) is 1. The van der Waals surface area contributed by atoms with Crippen LogP contribution >= 0.6 is 0 Å². The lowest BCUT2D eigenvalue weighted by molar-refractivity contribution is -0.141. The van der Waals surface area contributed by atoms with Crippen LogP contribution in [0.15, 0.2) is 91.0 Å². The summed E-state index contributed by atoms with van der Waals surface area (Å²) in [6.45, 7) is 2.13. The lowest BCUT2D eigenvalue weighted by atomic mass is 10.1. The van der Waals surface area contributed by atoms with Gasteiger partial charge in [-0.15, -0.1) is 0 Å². The molecule has 0 radical (unpaired) electrons. The average molecular weight is 506 g/mol. The second kappa shape index (κ2) is 12.2. The molecule has 4 aromatic rings. The zero-order chi connectivity index (χ0) is 25.3. The van der Waals surface area contributed by atoms with E-state index in [4.69, 9.17) is 14.2 Å². The summed E-state index contributed by atoms with van der Waals surface area (Å²) in [6, 6.07) is 28.6. The van der Waals surface area contributed by atoms with Gasteiger partial charge in [0.25, 0.3) is 11.3 Å². The maximum Gasteiger partial charge on any atom is 0.326 e. The summed E-state index contributed by atoms with van der Waals surface area (Å²) in [5.74, 6) is 0.430. The van der Waals surface area contributed by atoms with Gasteiger partial charge in [0.2, 0.25) is 0 Å². The van der Waals surface area contributed by atoms with E-state index >= 15 is 0 Å². The maximum atomic E-state index is 12.2. The van der Waals surface area contributed by atoms with Crippen molar-refractivity contribution in [2.24, 2.45) is 0 Å². The van der Waals surface area contributed by atoms with Gasteiger partial charge in [-0.25, -0.2) is 4.21 Å². The first-order chi connectivity index (χ1) is 17.5. The number of fused-ring (bicyclic) bond motifs is 1. The van der Waals surface area contributed by atoms with E-state index in [0.717, 1.165) is 26.2 Å². The zero-order valence-corrected chi connectivity index (χ0v) is 20.6. The Kier molecular flexibility index (Phi) is 8.54. The van der Waals surface area contributed by atoms with Crippen molar-refractivity contribution in [2.75, 3.05) is 17.5 Å². The minimum Gasteiger partial charge on any atom is -0.489 e. The van der Waals surface area contributed by atoms with Crippen LogP contribution < -0.4 is 13.8 Å². The largest absolute Gasteiger partial charge is 0.489 e. The van der Waals surface area contributed by atoms with Crippen molar-refractivity contribution >= 4 is 33.7 Å². The predicted molar refractivity (Wildman–Crippen MR) is 140 cm³/mol. The number of benzene rings is 4. The van der Waals surface area contributed by atoms with Crippen molar-refractivity contribution < 1.29 is 27.8 Å². The van der Waals surface area contributed by atoms with E-state index in [1.807, 2.05) is 78.9 Å². The summed E-state index contributed by atoms with van der Waals surface area (Å²) in [5, 5.41) is 1.62. The minimum absolute atomic E-state index is 0.172. The molecular weight excluding hydrogens is 478 g/mol. The number of ether oxygens (including phenoxy) is 3. The summed E-state index contributed by atoms with van der Waals surface area (Å²) in [6.07, 6.45) is 0. The van der Waals surface area contributed by atoms with Gasteiger partial charge in [0.1, 0.15) is 31.3 Å². The molecular formula is C28H27NO6S. The second-order valence-electron chi connectivity index (χ2n) is 7.95. The molecule has 0 saturated heterocycles. The van der Waals surface area contributed by atoms with E-state index in [9.17, 15) is 13.6 Å². The highest BCUT2D eigenvalue weighted by Crippen LogP contribution is 2.36.